The summed E-state index contributed by atoms with van der Waals surface area (Å²) >= 11 is 0. The van der Waals surface area contributed by atoms with Gasteiger partial charge < -0.3 is 20.5 Å². The first kappa shape index (κ1) is 14.9. The van der Waals surface area contributed by atoms with Crippen LogP contribution in [0.1, 0.15) is 19.8 Å². The fourth-order valence-corrected chi connectivity index (χ4v) is 1.10. The third kappa shape index (κ3) is 8.19. The average Bonchev–Trinajstić information content (AvgIpc) is 2.24. The molecular formula is C10H20N2O4. The number of ether oxygens (including phenoxy) is 1. The zero-order valence-electron chi connectivity index (χ0n) is 9.78. The number of methoxy groups -OCH3 is 1. The minimum atomic E-state index is -0.940. The van der Waals surface area contributed by atoms with Gasteiger partial charge >= 0.3 is 5.97 Å². The highest BCUT2D eigenvalue weighted by molar-refractivity contribution is 5.78. The molecule has 94 valence electrons. The van der Waals surface area contributed by atoms with Gasteiger partial charge in [0.15, 0.2) is 0 Å². The van der Waals surface area contributed by atoms with Crippen molar-refractivity contribution in [2.45, 2.75) is 25.9 Å². The summed E-state index contributed by atoms with van der Waals surface area (Å²) in [6.07, 6.45) is 0.374. The molecule has 0 aromatic carbocycles. The van der Waals surface area contributed by atoms with Crippen molar-refractivity contribution in [1.29, 1.82) is 0 Å². The average molecular weight is 232 g/mol. The van der Waals surface area contributed by atoms with Crippen molar-refractivity contribution in [1.82, 2.24) is 10.6 Å². The van der Waals surface area contributed by atoms with Gasteiger partial charge in [-0.05, 0) is 13.0 Å². The van der Waals surface area contributed by atoms with Gasteiger partial charge in [0.25, 0.3) is 0 Å². The number of carbonyl (C=O) groups is 2. The summed E-state index contributed by atoms with van der Waals surface area (Å²) in [6.45, 7) is 3.27. The van der Waals surface area contributed by atoms with E-state index in [1.54, 1.807) is 0 Å². The first-order valence-corrected chi connectivity index (χ1v) is 5.32. The van der Waals surface area contributed by atoms with Crippen LogP contribution in [0, 0.1) is 0 Å². The Morgan fingerprint density at radius 1 is 1.44 bits per heavy atom. The largest absolute Gasteiger partial charge is 0.481 e. The molecule has 0 aromatic rings. The van der Waals surface area contributed by atoms with Crippen LogP contribution in [0.25, 0.3) is 0 Å². The molecule has 16 heavy (non-hydrogen) atoms. The van der Waals surface area contributed by atoms with E-state index in [-0.39, 0.29) is 25.4 Å². The third-order valence-corrected chi connectivity index (χ3v) is 1.97. The maximum absolute atomic E-state index is 11.2. The number of hydrogen-bond donors (Lipinski definition) is 3. The summed E-state index contributed by atoms with van der Waals surface area (Å²) in [5.41, 5.74) is 0. The predicted octanol–water partition coefficient (Wildman–Crippen LogP) is -0.408. The molecule has 0 spiro atoms. The van der Waals surface area contributed by atoms with Crippen molar-refractivity contribution < 1.29 is 19.4 Å². The lowest BCUT2D eigenvalue weighted by Crippen LogP contribution is -2.39. The fourth-order valence-electron chi connectivity index (χ4n) is 1.10. The summed E-state index contributed by atoms with van der Waals surface area (Å²) < 4.78 is 4.92. The Bertz CT molecular complexity index is 221. The van der Waals surface area contributed by atoms with Gasteiger partial charge in [0.2, 0.25) is 5.91 Å². The summed E-state index contributed by atoms with van der Waals surface area (Å²) in [4.78, 5) is 21.7. The molecule has 6 nitrogen and oxygen atoms in total. The predicted molar refractivity (Wildman–Crippen MR) is 59.2 cm³/mol. The minimum Gasteiger partial charge on any atom is -0.481 e. The normalized spacial score (nSPS) is 12.1. The lowest BCUT2D eigenvalue weighted by molar-refractivity contribution is -0.140. The van der Waals surface area contributed by atoms with Gasteiger partial charge in [0.1, 0.15) is 0 Å². The number of hydrogen-bond acceptors (Lipinski definition) is 4. The number of nitrogens with one attached hydrogen (secondary N) is 2. The molecular weight excluding hydrogens is 212 g/mol. The van der Waals surface area contributed by atoms with E-state index in [0.717, 1.165) is 13.0 Å². The Balaban J connectivity index is 3.66. The molecule has 0 fully saturated rings. The van der Waals surface area contributed by atoms with Crippen molar-refractivity contribution in [3.63, 3.8) is 0 Å². The molecule has 3 N–H and O–H groups in total. The van der Waals surface area contributed by atoms with Gasteiger partial charge in [-0.3, -0.25) is 9.59 Å². The van der Waals surface area contributed by atoms with E-state index < -0.39 is 12.1 Å². The van der Waals surface area contributed by atoms with Crippen LogP contribution in [-0.2, 0) is 14.3 Å². The molecule has 0 saturated heterocycles. The molecule has 0 aliphatic rings. The Hall–Kier alpha value is -1.14. The lowest BCUT2D eigenvalue weighted by Gasteiger charge is -2.14. The zero-order chi connectivity index (χ0) is 12.4. The molecule has 0 heterocycles. The SMILES string of the molecule is CCCNCC(=O)NCC(CC(=O)O)OC. The summed E-state index contributed by atoms with van der Waals surface area (Å²) in [5, 5.41) is 14.1. The smallest absolute Gasteiger partial charge is 0.306 e. The van der Waals surface area contributed by atoms with Gasteiger partial charge in [-0.1, -0.05) is 6.92 Å². The topological polar surface area (TPSA) is 87.7 Å². The standard InChI is InChI=1S/C10H20N2O4/c1-3-4-11-7-9(13)12-6-8(16-2)5-10(14)15/h8,11H,3-7H2,1-2H3,(H,12,13)(H,14,15). The van der Waals surface area contributed by atoms with E-state index in [1.165, 1.54) is 7.11 Å². The molecule has 6 heteroatoms. The number of carbonyl (C=O) groups excluding carboxylic acids is 1. The van der Waals surface area contributed by atoms with Crippen molar-refractivity contribution in [2.75, 3.05) is 26.7 Å². The van der Waals surface area contributed by atoms with E-state index in [2.05, 4.69) is 10.6 Å². The molecule has 0 aliphatic heterocycles. The molecule has 1 atom stereocenters. The Morgan fingerprint density at radius 2 is 2.12 bits per heavy atom. The second-order valence-electron chi connectivity index (χ2n) is 3.44. The van der Waals surface area contributed by atoms with Crippen molar-refractivity contribution in [3.8, 4) is 0 Å². The van der Waals surface area contributed by atoms with Crippen LogP contribution in [0.2, 0.25) is 0 Å². The first-order valence-electron chi connectivity index (χ1n) is 5.32. The fraction of sp³-hybridized carbons (Fsp3) is 0.800. The lowest BCUT2D eigenvalue weighted by atomic mass is 10.2. The van der Waals surface area contributed by atoms with Gasteiger partial charge in [-0.2, -0.15) is 0 Å². The Kier molecular flexibility index (Phi) is 8.46. The highest BCUT2D eigenvalue weighted by Crippen LogP contribution is 1.94. The number of carboxylic acid groups (broad SMARTS) is 1. The van der Waals surface area contributed by atoms with Gasteiger partial charge in [0.05, 0.1) is 19.1 Å². The van der Waals surface area contributed by atoms with Gasteiger partial charge in [-0.15, -0.1) is 0 Å². The van der Waals surface area contributed by atoms with Crippen molar-refractivity contribution in [2.24, 2.45) is 0 Å². The van der Waals surface area contributed by atoms with Crippen LogP contribution in [-0.4, -0.2) is 49.8 Å². The number of rotatable bonds is 9. The van der Waals surface area contributed by atoms with E-state index in [0.29, 0.717) is 0 Å². The molecule has 0 bridgehead atoms. The first-order chi connectivity index (χ1) is 7.60. The van der Waals surface area contributed by atoms with E-state index in [1.807, 2.05) is 6.92 Å². The third-order valence-electron chi connectivity index (χ3n) is 1.97. The molecule has 0 saturated carbocycles. The van der Waals surface area contributed by atoms with Crippen LogP contribution < -0.4 is 10.6 Å². The minimum absolute atomic E-state index is 0.112. The molecule has 0 rings (SSSR count). The monoisotopic (exact) mass is 232 g/mol. The van der Waals surface area contributed by atoms with Crippen molar-refractivity contribution >= 4 is 11.9 Å². The van der Waals surface area contributed by atoms with Gasteiger partial charge in [-0.25, -0.2) is 0 Å². The van der Waals surface area contributed by atoms with Gasteiger partial charge in [0, 0.05) is 13.7 Å². The molecule has 1 unspecified atom stereocenters. The van der Waals surface area contributed by atoms with Crippen LogP contribution in [0.4, 0.5) is 0 Å². The summed E-state index contributed by atoms with van der Waals surface area (Å²) in [5.74, 6) is -1.09. The Labute approximate surface area is 95.4 Å². The maximum atomic E-state index is 11.2. The highest BCUT2D eigenvalue weighted by Gasteiger charge is 2.13. The van der Waals surface area contributed by atoms with Crippen LogP contribution in [0.15, 0.2) is 0 Å². The molecule has 0 aliphatic carbocycles. The van der Waals surface area contributed by atoms with Crippen molar-refractivity contribution in [3.05, 3.63) is 0 Å². The van der Waals surface area contributed by atoms with Crippen LogP contribution in [0.3, 0.4) is 0 Å². The summed E-state index contributed by atoms with van der Waals surface area (Å²) in [6, 6.07) is 0. The second kappa shape index (κ2) is 9.11. The second-order valence-corrected chi connectivity index (χ2v) is 3.44. The Morgan fingerprint density at radius 3 is 2.62 bits per heavy atom. The van der Waals surface area contributed by atoms with Crippen LogP contribution in [0.5, 0.6) is 0 Å². The number of amides is 1. The maximum Gasteiger partial charge on any atom is 0.306 e. The molecule has 1 amide bonds. The van der Waals surface area contributed by atoms with E-state index >= 15 is 0 Å². The zero-order valence-corrected chi connectivity index (χ0v) is 9.78. The van der Waals surface area contributed by atoms with Crippen LogP contribution >= 0.6 is 0 Å². The highest BCUT2D eigenvalue weighted by atomic mass is 16.5. The molecule has 0 aromatic heterocycles. The molecule has 0 radical (unpaired) electrons. The van der Waals surface area contributed by atoms with E-state index in [4.69, 9.17) is 9.84 Å². The van der Waals surface area contributed by atoms with E-state index in [9.17, 15) is 9.59 Å². The quantitative estimate of drug-likeness (QED) is 0.470. The number of aliphatic carboxylic acids is 1. The number of carboxylic acids is 1. The summed E-state index contributed by atoms with van der Waals surface area (Å²) in [7, 11) is 1.43.